The first-order valence-corrected chi connectivity index (χ1v) is 6.97. The van der Waals surface area contributed by atoms with Crippen molar-refractivity contribution in [3.8, 4) is 0 Å². The number of nitrogens with one attached hydrogen (secondary N) is 1. The van der Waals surface area contributed by atoms with E-state index >= 15 is 0 Å². The first-order valence-electron chi connectivity index (χ1n) is 6.97. The zero-order chi connectivity index (χ0) is 15.1. The van der Waals surface area contributed by atoms with Gasteiger partial charge in [-0.15, -0.1) is 0 Å². The Balaban J connectivity index is 2.26. The summed E-state index contributed by atoms with van der Waals surface area (Å²) in [6.45, 7) is 11.0. The molecule has 20 heavy (non-hydrogen) atoms. The van der Waals surface area contributed by atoms with Crippen LogP contribution in [0.1, 0.15) is 50.8 Å². The molecular formula is C14H24N4O2. The van der Waals surface area contributed by atoms with Gasteiger partial charge in [-0.1, -0.05) is 6.92 Å². The number of aromatic amines is 1. The molecule has 1 fully saturated rings. The molecule has 112 valence electrons. The number of nitrogens with two attached hydrogens (primary N) is 1. The maximum absolute atomic E-state index is 12.6. The normalized spacial score (nSPS) is 20.9. The van der Waals surface area contributed by atoms with Gasteiger partial charge in [0.05, 0.1) is 22.6 Å². The quantitative estimate of drug-likeness (QED) is 0.861. The van der Waals surface area contributed by atoms with Gasteiger partial charge in [-0.25, -0.2) is 0 Å². The van der Waals surface area contributed by atoms with Crippen LogP contribution in [0.25, 0.3) is 0 Å². The van der Waals surface area contributed by atoms with Gasteiger partial charge < -0.3 is 15.4 Å². The van der Waals surface area contributed by atoms with E-state index in [0.29, 0.717) is 24.5 Å². The minimum Gasteiger partial charge on any atom is -0.395 e. The minimum absolute atomic E-state index is 0.136. The van der Waals surface area contributed by atoms with Crippen LogP contribution in [-0.4, -0.2) is 45.3 Å². The summed E-state index contributed by atoms with van der Waals surface area (Å²) in [5.41, 5.74) is 6.81. The summed E-state index contributed by atoms with van der Waals surface area (Å²) >= 11 is 0. The lowest BCUT2D eigenvalue weighted by Crippen LogP contribution is -2.58. The van der Waals surface area contributed by atoms with Gasteiger partial charge in [-0.05, 0) is 34.1 Å². The van der Waals surface area contributed by atoms with Gasteiger partial charge in [-0.3, -0.25) is 9.89 Å². The molecule has 6 heteroatoms. The number of nitrogen functional groups attached to an aromatic ring is 1. The minimum atomic E-state index is -0.379. The van der Waals surface area contributed by atoms with Gasteiger partial charge in [0.1, 0.15) is 0 Å². The average Bonchev–Trinajstić information content (AvgIpc) is 2.65. The van der Waals surface area contributed by atoms with E-state index in [1.807, 2.05) is 34.6 Å². The highest BCUT2D eigenvalue weighted by molar-refractivity contribution is 5.97. The molecule has 1 amide bonds. The third kappa shape index (κ3) is 2.80. The van der Waals surface area contributed by atoms with E-state index < -0.39 is 0 Å². The predicted octanol–water partition coefficient (Wildman–Crippen LogP) is 1.58. The van der Waals surface area contributed by atoms with Crippen LogP contribution in [0.2, 0.25) is 0 Å². The number of rotatable bonds is 2. The monoisotopic (exact) mass is 280 g/mol. The van der Waals surface area contributed by atoms with Crippen molar-refractivity contribution < 1.29 is 9.53 Å². The lowest BCUT2D eigenvalue weighted by atomic mass is 9.98. The molecule has 0 radical (unpaired) electrons. The van der Waals surface area contributed by atoms with Crippen molar-refractivity contribution in [3.63, 3.8) is 0 Å². The van der Waals surface area contributed by atoms with E-state index in [0.717, 1.165) is 12.1 Å². The number of amides is 1. The SMILES string of the molecule is CCc1[nH]nc(C(=O)N2CC(C)(C)OC(C)(C)C2)c1N. The molecule has 0 spiro atoms. The molecule has 2 heterocycles. The third-order valence-corrected chi connectivity index (χ3v) is 3.42. The molecule has 1 aliphatic heterocycles. The molecule has 2 rings (SSSR count). The number of aromatic nitrogens is 2. The number of morpholine rings is 1. The lowest BCUT2D eigenvalue weighted by molar-refractivity contribution is -0.171. The second-order valence-corrected chi connectivity index (χ2v) is 6.60. The van der Waals surface area contributed by atoms with E-state index in [2.05, 4.69) is 10.2 Å². The highest BCUT2D eigenvalue weighted by Crippen LogP contribution is 2.29. The van der Waals surface area contributed by atoms with Gasteiger partial charge in [0.25, 0.3) is 5.91 Å². The molecule has 1 aromatic rings. The summed E-state index contributed by atoms with van der Waals surface area (Å²) in [6, 6.07) is 0. The summed E-state index contributed by atoms with van der Waals surface area (Å²) in [4.78, 5) is 14.4. The third-order valence-electron chi connectivity index (χ3n) is 3.42. The van der Waals surface area contributed by atoms with E-state index in [1.165, 1.54) is 0 Å². The second kappa shape index (κ2) is 4.77. The molecular weight excluding hydrogens is 256 g/mol. The highest BCUT2D eigenvalue weighted by atomic mass is 16.5. The van der Waals surface area contributed by atoms with Gasteiger partial charge in [0.2, 0.25) is 0 Å². The van der Waals surface area contributed by atoms with E-state index in [1.54, 1.807) is 4.90 Å². The van der Waals surface area contributed by atoms with Gasteiger partial charge >= 0.3 is 0 Å². The van der Waals surface area contributed by atoms with Crippen molar-refractivity contribution in [2.45, 2.75) is 52.2 Å². The maximum atomic E-state index is 12.6. The average molecular weight is 280 g/mol. The van der Waals surface area contributed by atoms with Crippen LogP contribution in [0.4, 0.5) is 5.69 Å². The Morgan fingerprint density at radius 1 is 1.35 bits per heavy atom. The molecule has 1 aliphatic rings. The van der Waals surface area contributed by atoms with Crippen LogP contribution < -0.4 is 5.73 Å². The largest absolute Gasteiger partial charge is 0.395 e. The molecule has 0 saturated carbocycles. The summed E-state index contributed by atoms with van der Waals surface area (Å²) in [6.07, 6.45) is 0.728. The number of nitrogens with zero attached hydrogens (tertiary/aromatic N) is 2. The fraction of sp³-hybridized carbons (Fsp3) is 0.714. The predicted molar refractivity (Wildman–Crippen MR) is 77.5 cm³/mol. The summed E-state index contributed by atoms with van der Waals surface area (Å²) in [5.74, 6) is -0.136. The Morgan fingerprint density at radius 3 is 2.35 bits per heavy atom. The Bertz CT molecular complexity index is 503. The summed E-state index contributed by atoms with van der Waals surface area (Å²) in [7, 11) is 0. The van der Waals surface area contributed by atoms with Crippen molar-refractivity contribution >= 4 is 11.6 Å². The number of H-pyrrole nitrogens is 1. The Hall–Kier alpha value is -1.56. The van der Waals surface area contributed by atoms with E-state index in [4.69, 9.17) is 10.5 Å². The number of hydrogen-bond donors (Lipinski definition) is 2. The van der Waals surface area contributed by atoms with E-state index in [9.17, 15) is 4.79 Å². The molecule has 1 aromatic heterocycles. The van der Waals surface area contributed by atoms with Crippen molar-refractivity contribution in [1.82, 2.24) is 15.1 Å². The van der Waals surface area contributed by atoms with Crippen LogP contribution in [0.5, 0.6) is 0 Å². The number of hydrogen-bond acceptors (Lipinski definition) is 4. The van der Waals surface area contributed by atoms with Gasteiger partial charge in [-0.2, -0.15) is 5.10 Å². The second-order valence-electron chi connectivity index (χ2n) is 6.60. The maximum Gasteiger partial charge on any atom is 0.276 e. The topological polar surface area (TPSA) is 84.2 Å². The standard InChI is InChI=1S/C14H24N4O2/c1-6-9-10(15)11(17-16-9)12(19)18-7-13(2,3)20-14(4,5)8-18/h6-8,15H2,1-5H3,(H,16,17). The molecule has 1 saturated heterocycles. The number of carbonyl (C=O) groups is 1. The molecule has 6 nitrogen and oxygen atoms in total. The van der Waals surface area contributed by atoms with Crippen LogP contribution >= 0.6 is 0 Å². The van der Waals surface area contributed by atoms with Crippen molar-refractivity contribution in [1.29, 1.82) is 0 Å². The van der Waals surface area contributed by atoms with Gasteiger partial charge in [0.15, 0.2) is 5.69 Å². The summed E-state index contributed by atoms with van der Waals surface area (Å²) < 4.78 is 5.98. The number of aryl methyl sites for hydroxylation is 1. The van der Waals surface area contributed by atoms with Gasteiger partial charge in [0, 0.05) is 13.1 Å². The molecule has 0 aliphatic carbocycles. The van der Waals surface area contributed by atoms with Crippen LogP contribution in [-0.2, 0) is 11.2 Å². The lowest BCUT2D eigenvalue weighted by Gasteiger charge is -2.46. The van der Waals surface area contributed by atoms with Crippen molar-refractivity contribution in [3.05, 3.63) is 11.4 Å². The summed E-state index contributed by atoms with van der Waals surface area (Å²) in [5, 5.41) is 6.91. The first-order chi connectivity index (χ1) is 9.15. The van der Waals surface area contributed by atoms with Crippen molar-refractivity contribution in [2.24, 2.45) is 0 Å². The number of anilines is 1. The molecule has 0 bridgehead atoms. The highest BCUT2D eigenvalue weighted by Gasteiger charge is 2.41. The zero-order valence-electron chi connectivity index (χ0n) is 12.9. The van der Waals surface area contributed by atoms with E-state index in [-0.39, 0.29) is 17.1 Å². The first kappa shape index (κ1) is 14.8. The fourth-order valence-corrected chi connectivity index (χ4v) is 2.90. The number of ether oxygens (including phenoxy) is 1. The molecule has 0 atom stereocenters. The van der Waals surface area contributed by atoms with Crippen molar-refractivity contribution in [2.75, 3.05) is 18.8 Å². The van der Waals surface area contributed by atoms with Crippen LogP contribution in [0, 0.1) is 0 Å². The Labute approximate surface area is 119 Å². The van der Waals surface area contributed by atoms with Crippen LogP contribution in [0.3, 0.4) is 0 Å². The fourth-order valence-electron chi connectivity index (χ4n) is 2.90. The molecule has 3 N–H and O–H groups in total. The smallest absolute Gasteiger partial charge is 0.276 e. The zero-order valence-corrected chi connectivity index (χ0v) is 12.9. The molecule has 0 unspecified atom stereocenters. The Morgan fingerprint density at radius 2 is 1.90 bits per heavy atom. The van der Waals surface area contributed by atoms with Crippen LogP contribution in [0.15, 0.2) is 0 Å². The number of carbonyl (C=O) groups excluding carboxylic acids is 1. The Kier molecular flexibility index (Phi) is 3.54. The molecule has 0 aromatic carbocycles.